The molecule has 33 heavy (non-hydrogen) atoms. The second-order valence-electron chi connectivity index (χ2n) is 10.8. The van der Waals surface area contributed by atoms with Crippen LogP contribution in [-0.4, -0.2) is 54.0 Å². The van der Waals surface area contributed by atoms with Gasteiger partial charge in [-0.3, -0.25) is 9.59 Å². The van der Waals surface area contributed by atoms with Crippen LogP contribution in [0.15, 0.2) is 0 Å². The van der Waals surface area contributed by atoms with Crippen LogP contribution in [0, 0.1) is 17.8 Å². The first-order chi connectivity index (χ1) is 15.4. The van der Waals surface area contributed by atoms with Gasteiger partial charge in [-0.05, 0) is 51.9 Å². The molecule has 0 aromatic heterocycles. The van der Waals surface area contributed by atoms with Crippen LogP contribution in [0.3, 0.4) is 0 Å². The maximum Gasteiger partial charge on any atom is 0.407 e. The van der Waals surface area contributed by atoms with Crippen molar-refractivity contribution in [2.45, 2.75) is 111 Å². The summed E-state index contributed by atoms with van der Waals surface area (Å²) in [4.78, 5) is 36.6. The number of carbonyl (C=O) groups excluding carboxylic acids is 3. The minimum absolute atomic E-state index is 0.0774. The quantitative estimate of drug-likeness (QED) is 0.372. The molecule has 1 unspecified atom stereocenters. The first-order valence-electron chi connectivity index (χ1n) is 12.5. The Morgan fingerprint density at radius 1 is 1.09 bits per heavy atom. The highest BCUT2D eigenvalue weighted by Crippen LogP contribution is 2.29. The zero-order valence-corrected chi connectivity index (χ0v) is 21.4. The third kappa shape index (κ3) is 13.5. The SMILES string of the molecule is CC(=O)OCC(C[C@H](O)[C@H](CC1CCCCC1)NC(=O)OC(C)(C)C)C(=O)NCCC(C)C. The van der Waals surface area contributed by atoms with Crippen molar-refractivity contribution in [2.75, 3.05) is 13.2 Å². The summed E-state index contributed by atoms with van der Waals surface area (Å²) in [5.74, 6) is -0.592. The highest BCUT2D eigenvalue weighted by atomic mass is 16.6. The number of ether oxygens (including phenoxy) is 2. The molecule has 2 amide bonds. The van der Waals surface area contributed by atoms with Crippen LogP contribution in [0.4, 0.5) is 4.79 Å². The molecule has 1 fully saturated rings. The fraction of sp³-hybridized carbons (Fsp3) is 0.880. The molecule has 3 N–H and O–H groups in total. The van der Waals surface area contributed by atoms with E-state index in [4.69, 9.17) is 9.47 Å². The Hall–Kier alpha value is -1.83. The van der Waals surface area contributed by atoms with E-state index in [2.05, 4.69) is 24.5 Å². The van der Waals surface area contributed by atoms with Gasteiger partial charge in [0, 0.05) is 13.5 Å². The van der Waals surface area contributed by atoms with Crippen molar-refractivity contribution in [1.82, 2.24) is 10.6 Å². The van der Waals surface area contributed by atoms with Gasteiger partial charge < -0.3 is 25.2 Å². The van der Waals surface area contributed by atoms with Gasteiger partial charge in [0.15, 0.2) is 0 Å². The predicted molar refractivity (Wildman–Crippen MR) is 128 cm³/mol. The lowest BCUT2D eigenvalue weighted by molar-refractivity contribution is -0.144. The number of nitrogens with one attached hydrogen (secondary N) is 2. The number of alkyl carbamates (subject to hydrolysis) is 1. The summed E-state index contributed by atoms with van der Waals surface area (Å²) in [6, 6.07) is -0.550. The van der Waals surface area contributed by atoms with E-state index in [1.807, 2.05) is 0 Å². The first-order valence-corrected chi connectivity index (χ1v) is 12.5. The molecule has 1 aliphatic rings. The van der Waals surface area contributed by atoms with Crippen LogP contribution in [0.1, 0.15) is 92.9 Å². The highest BCUT2D eigenvalue weighted by Gasteiger charge is 2.32. The van der Waals surface area contributed by atoms with E-state index < -0.39 is 35.7 Å². The molecule has 3 atom stereocenters. The summed E-state index contributed by atoms with van der Waals surface area (Å²) in [5.41, 5.74) is -0.654. The van der Waals surface area contributed by atoms with Crippen molar-refractivity contribution >= 4 is 18.0 Å². The van der Waals surface area contributed by atoms with Crippen LogP contribution >= 0.6 is 0 Å². The standard InChI is InChI=1S/C25H46N2O6/c1-17(2)12-13-26-23(30)20(16-32-18(3)28)15-22(29)21(14-19-10-8-7-9-11-19)27-24(31)33-25(4,5)6/h17,19-22,29H,7-16H2,1-6H3,(H,26,30)(H,27,31)/t20?,21-,22-/m0/s1. The van der Waals surface area contributed by atoms with Crippen LogP contribution < -0.4 is 10.6 Å². The molecule has 0 radical (unpaired) electrons. The number of hydrogen-bond donors (Lipinski definition) is 3. The third-order valence-electron chi connectivity index (χ3n) is 5.88. The minimum atomic E-state index is -0.976. The molecule has 8 nitrogen and oxygen atoms in total. The summed E-state index contributed by atoms with van der Waals surface area (Å²) in [7, 11) is 0. The van der Waals surface area contributed by atoms with E-state index in [0.29, 0.717) is 24.8 Å². The Bertz CT molecular complexity index is 611. The van der Waals surface area contributed by atoms with Crippen LogP contribution in [0.25, 0.3) is 0 Å². The molecule has 0 saturated heterocycles. The second kappa shape index (κ2) is 14.4. The topological polar surface area (TPSA) is 114 Å². The number of amides is 2. The van der Waals surface area contributed by atoms with E-state index >= 15 is 0 Å². The average Bonchev–Trinajstić information content (AvgIpc) is 2.69. The maximum absolute atomic E-state index is 12.8. The number of esters is 1. The lowest BCUT2D eigenvalue weighted by Crippen LogP contribution is -2.48. The highest BCUT2D eigenvalue weighted by molar-refractivity contribution is 5.79. The van der Waals surface area contributed by atoms with Gasteiger partial charge in [-0.2, -0.15) is 0 Å². The zero-order valence-electron chi connectivity index (χ0n) is 21.4. The van der Waals surface area contributed by atoms with Crippen LogP contribution in [-0.2, 0) is 19.1 Å². The molecule has 0 aliphatic heterocycles. The van der Waals surface area contributed by atoms with Crippen molar-refractivity contribution in [2.24, 2.45) is 17.8 Å². The Morgan fingerprint density at radius 3 is 2.27 bits per heavy atom. The molecule has 192 valence electrons. The second-order valence-corrected chi connectivity index (χ2v) is 10.8. The smallest absolute Gasteiger partial charge is 0.407 e. The molecule has 0 spiro atoms. The normalized spacial score (nSPS) is 17.7. The molecule has 0 bridgehead atoms. The number of rotatable bonds is 12. The van der Waals surface area contributed by atoms with Crippen LogP contribution in [0.5, 0.6) is 0 Å². The van der Waals surface area contributed by atoms with Gasteiger partial charge in [0.2, 0.25) is 5.91 Å². The lowest BCUT2D eigenvalue weighted by Gasteiger charge is -2.32. The molecule has 0 aromatic rings. The number of carbonyl (C=O) groups is 3. The summed E-state index contributed by atoms with van der Waals surface area (Å²) in [5, 5.41) is 16.8. The monoisotopic (exact) mass is 470 g/mol. The average molecular weight is 471 g/mol. The first kappa shape index (κ1) is 29.2. The molecule has 1 aliphatic carbocycles. The predicted octanol–water partition coefficient (Wildman–Crippen LogP) is 3.94. The molecular weight excluding hydrogens is 424 g/mol. The summed E-state index contributed by atoms with van der Waals surface area (Å²) < 4.78 is 10.5. The third-order valence-corrected chi connectivity index (χ3v) is 5.88. The van der Waals surface area contributed by atoms with Gasteiger partial charge in [0.05, 0.1) is 18.1 Å². The van der Waals surface area contributed by atoms with Gasteiger partial charge in [-0.1, -0.05) is 46.0 Å². The Balaban J connectivity index is 2.88. The van der Waals surface area contributed by atoms with E-state index in [0.717, 1.165) is 32.1 Å². The van der Waals surface area contributed by atoms with E-state index in [-0.39, 0.29) is 18.9 Å². The molecule has 0 heterocycles. The Labute approximate surface area is 199 Å². The van der Waals surface area contributed by atoms with Crippen molar-refractivity contribution in [1.29, 1.82) is 0 Å². The van der Waals surface area contributed by atoms with E-state index in [9.17, 15) is 19.5 Å². The van der Waals surface area contributed by atoms with Crippen molar-refractivity contribution in [3.05, 3.63) is 0 Å². The zero-order chi connectivity index (χ0) is 25.0. The largest absolute Gasteiger partial charge is 0.465 e. The molecular formula is C25H46N2O6. The van der Waals surface area contributed by atoms with E-state index in [1.54, 1.807) is 20.8 Å². The molecule has 1 saturated carbocycles. The van der Waals surface area contributed by atoms with Crippen LogP contribution in [0.2, 0.25) is 0 Å². The Morgan fingerprint density at radius 2 is 1.73 bits per heavy atom. The van der Waals surface area contributed by atoms with Crippen molar-refractivity contribution in [3.63, 3.8) is 0 Å². The molecule has 1 rings (SSSR count). The maximum atomic E-state index is 12.8. The van der Waals surface area contributed by atoms with Crippen molar-refractivity contribution < 1.29 is 29.0 Å². The summed E-state index contributed by atoms with van der Waals surface area (Å²) >= 11 is 0. The van der Waals surface area contributed by atoms with E-state index in [1.165, 1.54) is 13.3 Å². The van der Waals surface area contributed by atoms with Crippen molar-refractivity contribution in [3.8, 4) is 0 Å². The van der Waals surface area contributed by atoms with Gasteiger partial charge in [0.1, 0.15) is 12.2 Å². The molecule has 0 aromatic carbocycles. The lowest BCUT2D eigenvalue weighted by atomic mass is 9.82. The molecule has 8 heteroatoms. The van der Waals surface area contributed by atoms with Gasteiger partial charge >= 0.3 is 12.1 Å². The van der Waals surface area contributed by atoms with Gasteiger partial charge in [-0.25, -0.2) is 4.79 Å². The fourth-order valence-electron chi connectivity index (χ4n) is 4.11. The number of hydrogen-bond acceptors (Lipinski definition) is 6. The summed E-state index contributed by atoms with van der Waals surface area (Å²) in [6.45, 7) is 11.2. The van der Waals surface area contributed by atoms with Gasteiger partial charge in [-0.15, -0.1) is 0 Å². The fourth-order valence-corrected chi connectivity index (χ4v) is 4.11. The number of aliphatic hydroxyl groups is 1. The Kier molecular flexibility index (Phi) is 12.8. The number of aliphatic hydroxyl groups excluding tert-OH is 1. The van der Waals surface area contributed by atoms with Gasteiger partial charge in [0.25, 0.3) is 0 Å². The minimum Gasteiger partial charge on any atom is -0.465 e. The summed E-state index contributed by atoms with van der Waals surface area (Å²) in [6.07, 6.45) is 5.60.